The van der Waals surface area contributed by atoms with Crippen molar-refractivity contribution in [2.75, 3.05) is 29.2 Å². The van der Waals surface area contributed by atoms with E-state index in [2.05, 4.69) is 20.6 Å². The molecule has 0 bridgehead atoms. The summed E-state index contributed by atoms with van der Waals surface area (Å²) in [6, 6.07) is 22.7. The number of carbonyl (C=O) groups excluding carboxylic acids is 1. The largest absolute Gasteiger partial charge is 0.497 e. The first kappa shape index (κ1) is 28.5. The minimum atomic E-state index is -2.62. The molecule has 42 heavy (non-hydrogen) atoms. The Bertz CT molecular complexity index is 1800. The average molecular weight is 588 g/mol. The van der Waals surface area contributed by atoms with E-state index in [1.54, 1.807) is 73.7 Å². The van der Waals surface area contributed by atoms with E-state index in [0.717, 1.165) is 9.87 Å². The Hall–Kier alpha value is -5.07. The molecule has 0 saturated carbocycles. The van der Waals surface area contributed by atoms with E-state index in [4.69, 9.17) is 9.47 Å². The van der Waals surface area contributed by atoms with Gasteiger partial charge < -0.3 is 20.1 Å². The Morgan fingerprint density at radius 2 is 1.57 bits per heavy atom. The number of ether oxygens (including phenoxy) is 2. The van der Waals surface area contributed by atoms with Gasteiger partial charge in [0.15, 0.2) is 11.6 Å². The summed E-state index contributed by atoms with van der Waals surface area (Å²) >= 11 is -2.62. The molecule has 1 heterocycles. The van der Waals surface area contributed by atoms with Crippen molar-refractivity contribution in [3.8, 4) is 11.5 Å². The monoisotopic (exact) mass is 587 g/mol. The molecule has 1 amide bonds. The second kappa shape index (κ2) is 12.2. The van der Waals surface area contributed by atoms with Gasteiger partial charge in [-0.1, -0.05) is 29.8 Å². The molecule has 12 heteroatoms. The Labute approximate surface area is 243 Å². The molecule has 0 spiro atoms. The van der Waals surface area contributed by atoms with Gasteiger partial charge in [0.1, 0.15) is 17.3 Å². The normalized spacial score (nSPS) is 11.5. The zero-order chi connectivity index (χ0) is 29.8. The number of hydrogen-bond donors (Lipinski definition) is 3. The van der Waals surface area contributed by atoms with Crippen molar-refractivity contribution >= 4 is 56.9 Å². The molecule has 0 saturated heterocycles. The Kier molecular flexibility index (Phi) is 8.27. The highest BCUT2D eigenvalue weighted by Gasteiger charge is 2.24. The molecule has 4 aromatic carbocycles. The van der Waals surface area contributed by atoms with Crippen LogP contribution in [0, 0.1) is 12.7 Å². The number of nitrogens with zero attached hydrogens (tertiary/aromatic N) is 3. The highest BCUT2D eigenvalue weighted by molar-refractivity contribution is 7.81. The van der Waals surface area contributed by atoms with Gasteiger partial charge >= 0.3 is 0 Å². The number of halogens is 1. The topological polar surface area (TPSA) is 126 Å². The molecule has 214 valence electrons. The summed E-state index contributed by atoms with van der Waals surface area (Å²) in [5, 5.41) is 5.82. The summed E-state index contributed by atoms with van der Waals surface area (Å²) in [5.41, 5.74) is 2.65. The molecule has 0 fully saturated rings. The summed E-state index contributed by atoms with van der Waals surface area (Å²) in [6.45, 7) is 1.75. The molecular weight excluding hydrogens is 561 g/mol. The maximum atomic E-state index is 14.3. The number of rotatable bonds is 9. The van der Waals surface area contributed by atoms with Crippen LogP contribution in [0.25, 0.3) is 11.0 Å². The molecule has 5 rings (SSSR count). The number of carbonyl (C=O) groups is 1. The molecule has 1 aromatic heterocycles. The fourth-order valence-electron chi connectivity index (χ4n) is 4.24. The number of aromatic nitrogens is 2. The predicted molar refractivity (Wildman–Crippen MR) is 161 cm³/mol. The van der Waals surface area contributed by atoms with Gasteiger partial charge in [-0.05, 0) is 49.4 Å². The highest BCUT2D eigenvalue weighted by atomic mass is 32.2. The van der Waals surface area contributed by atoms with Crippen LogP contribution in [0.15, 0.2) is 84.9 Å². The van der Waals surface area contributed by atoms with Crippen molar-refractivity contribution < 1.29 is 27.4 Å². The second-order valence-electron chi connectivity index (χ2n) is 9.12. The number of amides is 1. The standard InChI is InChI=1S/C30H26FN5O5S/c1-18-11-12-25(31)24(13-18)30(37)33-19-7-6-8-21(14-19)36(42(38)39)29-28(34-26-9-4-5-10-27(26)35-29)32-20-15-22(40-2)17-23(16-20)41-3/h4-17H,1-3H3,(H,32,34)(H,33,37)(H,38,39). The lowest BCUT2D eigenvalue weighted by atomic mass is 10.1. The SMILES string of the molecule is COc1cc(Nc2nc3ccccc3nc2N(c2cccc(NC(=O)c3cc(C)ccc3F)c2)S(=O)O)cc(OC)c1. The number of methoxy groups -OCH3 is 2. The van der Waals surface area contributed by atoms with E-state index >= 15 is 0 Å². The first-order valence-corrected chi connectivity index (χ1v) is 13.7. The third kappa shape index (κ3) is 6.14. The summed E-state index contributed by atoms with van der Waals surface area (Å²) < 4.78 is 49.5. The molecule has 3 N–H and O–H groups in total. The summed E-state index contributed by atoms with van der Waals surface area (Å²) in [6.07, 6.45) is 0. The number of fused-ring (bicyclic) bond motifs is 1. The van der Waals surface area contributed by atoms with Crippen LogP contribution in [-0.2, 0) is 11.3 Å². The number of benzene rings is 4. The smallest absolute Gasteiger partial charge is 0.268 e. The fourth-order valence-corrected chi connectivity index (χ4v) is 4.81. The molecule has 10 nitrogen and oxygen atoms in total. The number of para-hydroxylation sites is 2. The third-order valence-electron chi connectivity index (χ3n) is 6.22. The van der Waals surface area contributed by atoms with E-state index in [1.165, 1.54) is 32.4 Å². The van der Waals surface area contributed by atoms with Crippen LogP contribution >= 0.6 is 0 Å². The summed E-state index contributed by atoms with van der Waals surface area (Å²) in [4.78, 5) is 22.2. The molecule has 0 radical (unpaired) electrons. The predicted octanol–water partition coefficient (Wildman–Crippen LogP) is 6.37. The van der Waals surface area contributed by atoms with Crippen LogP contribution in [0.2, 0.25) is 0 Å². The fraction of sp³-hybridized carbons (Fsp3) is 0.100. The first-order valence-electron chi connectivity index (χ1n) is 12.6. The molecule has 0 aliphatic carbocycles. The van der Waals surface area contributed by atoms with E-state index < -0.39 is 23.0 Å². The van der Waals surface area contributed by atoms with Crippen LogP contribution < -0.4 is 24.4 Å². The van der Waals surface area contributed by atoms with Crippen molar-refractivity contribution in [3.63, 3.8) is 0 Å². The van der Waals surface area contributed by atoms with Gasteiger partial charge in [0.2, 0.25) is 0 Å². The number of anilines is 5. The highest BCUT2D eigenvalue weighted by Crippen LogP contribution is 2.36. The maximum Gasteiger partial charge on any atom is 0.268 e. The molecule has 5 aromatic rings. The van der Waals surface area contributed by atoms with Gasteiger partial charge in [0.05, 0.1) is 36.5 Å². The lowest BCUT2D eigenvalue weighted by Crippen LogP contribution is -2.22. The minimum Gasteiger partial charge on any atom is -0.497 e. The lowest BCUT2D eigenvalue weighted by Gasteiger charge is -2.23. The number of nitrogens with one attached hydrogen (secondary N) is 2. The van der Waals surface area contributed by atoms with Gasteiger partial charge in [0, 0.05) is 29.6 Å². The first-order chi connectivity index (χ1) is 20.2. The Balaban J connectivity index is 1.57. The van der Waals surface area contributed by atoms with Gasteiger partial charge in [-0.2, -0.15) is 0 Å². The third-order valence-corrected chi connectivity index (χ3v) is 6.92. The van der Waals surface area contributed by atoms with Crippen molar-refractivity contribution in [2.45, 2.75) is 6.92 Å². The van der Waals surface area contributed by atoms with Gasteiger partial charge in [-0.3, -0.25) is 9.35 Å². The van der Waals surface area contributed by atoms with E-state index in [9.17, 15) is 17.9 Å². The van der Waals surface area contributed by atoms with Crippen LogP contribution in [0.4, 0.5) is 33.1 Å². The van der Waals surface area contributed by atoms with Gasteiger partial charge in [-0.15, -0.1) is 0 Å². The van der Waals surface area contributed by atoms with Gasteiger partial charge in [0.25, 0.3) is 17.2 Å². The quantitative estimate of drug-likeness (QED) is 0.170. The maximum absolute atomic E-state index is 14.3. The van der Waals surface area contributed by atoms with Crippen molar-refractivity contribution in [3.05, 3.63) is 102 Å². The van der Waals surface area contributed by atoms with E-state index in [0.29, 0.717) is 28.2 Å². The van der Waals surface area contributed by atoms with E-state index in [1.807, 2.05) is 0 Å². The van der Waals surface area contributed by atoms with Crippen LogP contribution in [0.5, 0.6) is 11.5 Å². The second-order valence-corrected chi connectivity index (χ2v) is 9.95. The molecular formula is C30H26FN5O5S. The van der Waals surface area contributed by atoms with Crippen molar-refractivity contribution in [1.82, 2.24) is 9.97 Å². The van der Waals surface area contributed by atoms with Crippen LogP contribution in [0.1, 0.15) is 15.9 Å². The number of aryl methyl sites for hydroxylation is 1. The zero-order valence-electron chi connectivity index (χ0n) is 22.8. The van der Waals surface area contributed by atoms with Crippen LogP contribution in [-0.4, -0.2) is 38.9 Å². The summed E-state index contributed by atoms with van der Waals surface area (Å²) in [5.74, 6) is -0.0906. The summed E-state index contributed by atoms with van der Waals surface area (Å²) in [7, 11) is 3.05. The molecule has 1 unspecified atom stereocenters. The average Bonchev–Trinajstić information content (AvgIpc) is 2.98. The Morgan fingerprint density at radius 1 is 0.881 bits per heavy atom. The number of hydrogen-bond acceptors (Lipinski definition) is 7. The minimum absolute atomic E-state index is 0.0320. The van der Waals surface area contributed by atoms with Crippen molar-refractivity contribution in [2.24, 2.45) is 0 Å². The van der Waals surface area contributed by atoms with Crippen molar-refractivity contribution in [1.29, 1.82) is 0 Å². The zero-order valence-corrected chi connectivity index (χ0v) is 23.6. The van der Waals surface area contributed by atoms with E-state index in [-0.39, 0.29) is 28.6 Å². The molecule has 1 atom stereocenters. The lowest BCUT2D eigenvalue weighted by molar-refractivity contribution is 0.102. The Morgan fingerprint density at radius 3 is 2.24 bits per heavy atom. The molecule has 0 aliphatic heterocycles. The van der Waals surface area contributed by atoms with Crippen LogP contribution in [0.3, 0.4) is 0 Å². The molecule has 0 aliphatic rings. The van der Waals surface area contributed by atoms with Gasteiger partial charge in [-0.25, -0.2) is 22.9 Å².